The number of phenolic OH excluding ortho intramolecular Hbond substituents is 1. The van der Waals surface area contributed by atoms with Crippen LogP contribution in [0.1, 0.15) is 16.8 Å². The third kappa shape index (κ3) is 2.58. The van der Waals surface area contributed by atoms with E-state index in [1.165, 1.54) is 12.1 Å². The fourth-order valence-electron chi connectivity index (χ4n) is 1.83. The first kappa shape index (κ1) is 11.5. The maximum atomic E-state index is 12.0. The van der Waals surface area contributed by atoms with Gasteiger partial charge < -0.3 is 15.3 Å². The van der Waals surface area contributed by atoms with E-state index in [1.54, 1.807) is 18.2 Å². The highest BCUT2D eigenvalue weighted by Gasteiger charge is 2.14. The van der Waals surface area contributed by atoms with Gasteiger partial charge in [0.25, 0.3) is 0 Å². The molecule has 1 heterocycles. The number of hydrogen-bond acceptors (Lipinski definition) is 4. The largest absolute Gasteiger partial charge is 0.507 e. The van der Waals surface area contributed by atoms with E-state index in [0.717, 1.165) is 25.3 Å². The molecule has 0 spiro atoms. The van der Waals surface area contributed by atoms with Crippen molar-refractivity contribution in [2.24, 2.45) is 0 Å². The van der Waals surface area contributed by atoms with E-state index in [-0.39, 0.29) is 11.5 Å². The number of carbonyl (C=O) groups is 1. The summed E-state index contributed by atoms with van der Waals surface area (Å²) < 4.78 is 0. The molecule has 1 aromatic carbocycles. The molecule has 1 aliphatic rings. The van der Waals surface area contributed by atoms with Crippen molar-refractivity contribution in [2.75, 3.05) is 20.1 Å². The average molecular weight is 232 g/mol. The van der Waals surface area contributed by atoms with Crippen LogP contribution in [0.15, 0.2) is 36.2 Å². The lowest BCUT2D eigenvalue weighted by Gasteiger charge is -2.28. The summed E-state index contributed by atoms with van der Waals surface area (Å²) >= 11 is 0. The molecule has 0 unspecified atom stereocenters. The number of allylic oxidation sites excluding steroid dienone is 1. The number of para-hydroxylation sites is 1. The Hall–Kier alpha value is -1.97. The van der Waals surface area contributed by atoms with Gasteiger partial charge in [0.2, 0.25) is 0 Å². The third-order valence-electron chi connectivity index (χ3n) is 2.82. The number of hydrogen-bond donors (Lipinski definition) is 2. The van der Waals surface area contributed by atoms with Crippen molar-refractivity contribution in [3.8, 4) is 5.75 Å². The Morgan fingerprint density at radius 2 is 2.24 bits per heavy atom. The van der Waals surface area contributed by atoms with E-state index in [9.17, 15) is 9.90 Å². The van der Waals surface area contributed by atoms with E-state index in [1.807, 2.05) is 11.9 Å². The molecule has 2 rings (SSSR count). The van der Waals surface area contributed by atoms with Gasteiger partial charge in [-0.05, 0) is 18.6 Å². The number of rotatable bonds is 2. The zero-order chi connectivity index (χ0) is 12.3. The van der Waals surface area contributed by atoms with Crippen LogP contribution >= 0.6 is 0 Å². The summed E-state index contributed by atoms with van der Waals surface area (Å²) in [5.74, 6) is 0.650. The molecule has 1 saturated heterocycles. The first-order valence-corrected chi connectivity index (χ1v) is 5.67. The predicted molar refractivity (Wildman–Crippen MR) is 65.8 cm³/mol. The van der Waals surface area contributed by atoms with Gasteiger partial charge in [-0.1, -0.05) is 12.1 Å². The zero-order valence-corrected chi connectivity index (χ0v) is 9.81. The number of carbonyl (C=O) groups excluding carboxylic acids is 1. The molecule has 0 radical (unpaired) electrons. The Kier molecular flexibility index (Phi) is 3.32. The van der Waals surface area contributed by atoms with E-state index < -0.39 is 0 Å². The predicted octanol–water partition coefficient (Wildman–Crippen LogP) is 1.34. The van der Waals surface area contributed by atoms with Gasteiger partial charge in [0, 0.05) is 26.2 Å². The van der Waals surface area contributed by atoms with Crippen LogP contribution in [-0.2, 0) is 0 Å². The Balaban J connectivity index is 2.21. The SMILES string of the molecule is CN1CCCN/C1=C\C(=O)c1ccccc1O. The lowest BCUT2D eigenvalue weighted by Crippen LogP contribution is -2.37. The van der Waals surface area contributed by atoms with Crippen LogP contribution in [0.3, 0.4) is 0 Å². The number of phenols is 1. The van der Waals surface area contributed by atoms with Crippen LogP contribution in [0.25, 0.3) is 0 Å². The molecule has 2 N–H and O–H groups in total. The Bertz CT molecular complexity index is 454. The van der Waals surface area contributed by atoms with Gasteiger partial charge in [0.1, 0.15) is 11.6 Å². The Labute approximate surface area is 101 Å². The zero-order valence-electron chi connectivity index (χ0n) is 9.81. The fourth-order valence-corrected chi connectivity index (χ4v) is 1.83. The second-order valence-corrected chi connectivity index (χ2v) is 4.11. The highest BCUT2D eigenvalue weighted by Crippen LogP contribution is 2.17. The molecule has 90 valence electrons. The van der Waals surface area contributed by atoms with Crippen LogP contribution in [0, 0.1) is 0 Å². The first-order valence-electron chi connectivity index (χ1n) is 5.67. The van der Waals surface area contributed by atoms with Crippen LogP contribution in [0.2, 0.25) is 0 Å². The molecule has 1 fully saturated rings. The quantitative estimate of drug-likeness (QED) is 0.597. The molecule has 0 aromatic heterocycles. The van der Waals surface area contributed by atoms with Crippen LogP contribution in [0.5, 0.6) is 5.75 Å². The molecular weight excluding hydrogens is 216 g/mol. The molecule has 0 atom stereocenters. The third-order valence-corrected chi connectivity index (χ3v) is 2.82. The summed E-state index contributed by atoms with van der Waals surface area (Å²) in [6.45, 7) is 1.82. The number of ketones is 1. The summed E-state index contributed by atoms with van der Waals surface area (Å²) in [4.78, 5) is 14.0. The minimum atomic E-state index is -0.181. The molecule has 17 heavy (non-hydrogen) atoms. The standard InChI is InChI=1S/C13H16N2O2/c1-15-8-4-7-14-13(15)9-12(17)10-5-2-3-6-11(10)16/h2-3,5-6,9,14,16H,4,7-8H2,1H3/b13-9+. The van der Waals surface area contributed by atoms with Crippen molar-refractivity contribution in [1.82, 2.24) is 10.2 Å². The van der Waals surface area contributed by atoms with E-state index in [0.29, 0.717) is 5.56 Å². The maximum absolute atomic E-state index is 12.0. The van der Waals surface area contributed by atoms with Crippen LogP contribution < -0.4 is 5.32 Å². The van der Waals surface area contributed by atoms with Gasteiger partial charge >= 0.3 is 0 Å². The molecular formula is C13H16N2O2. The molecule has 1 aliphatic heterocycles. The monoisotopic (exact) mass is 232 g/mol. The van der Waals surface area contributed by atoms with Crippen molar-refractivity contribution in [1.29, 1.82) is 0 Å². The second-order valence-electron chi connectivity index (χ2n) is 4.11. The van der Waals surface area contributed by atoms with Crippen LogP contribution in [0.4, 0.5) is 0 Å². The smallest absolute Gasteiger partial charge is 0.193 e. The van der Waals surface area contributed by atoms with Crippen molar-refractivity contribution < 1.29 is 9.90 Å². The van der Waals surface area contributed by atoms with Crippen molar-refractivity contribution >= 4 is 5.78 Å². The molecule has 0 bridgehead atoms. The van der Waals surface area contributed by atoms with Crippen LogP contribution in [-0.4, -0.2) is 35.9 Å². The lowest BCUT2D eigenvalue weighted by molar-refractivity contribution is 0.104. The molecule has 0 aliphatic carbocycles. The minimum absolute atomic E-state index is 0.0211. The fraction of sp³-hybridized carbons (Fsp3) is 0.308. The molecule has 0 saturated carbocycles. The van der Waals surface area contributed by atoms with Gasteiger partial charge in [-0.3, -0.25) is 4.79 Å². The van der Waals surface area contributed by atoms with Gasteiger partial charge in [0.15, 0.2) is 5.78 Å². The maximum Gasteiger partial charge on any atom is 0.193 e. The molecule has 1 aromatic rings. The highest BCUT2D eigenvalue weighted by atomic mass is 16.3. The Morgan fingerprint density at radius 3 is 2.94 bits per heavy atom. The number of nitrogens with zero attached hydrogens (tertiary/aromatic N) is 1. The van der Waals surface area contributed by atoms with Gasteiger partial charge in [-0.2, -0.15) is 0 Å². The average Bonchev–Trinajstić information content (AvgIpc) is 2.32. The van der Waals surface area contributed by atoms with Gasteiger partial charge in [0.05, 0.1) is 5.56 Å². The first-order chi connectivity index (χ1) is 8.18. The number of aromatic hydroxyl groups is 1. The minimum Gasteiger partial charge on any atom is -0.507 e. The van der Waals surface area contributed by atoms with Crippen molar-refractivity contribution in [3.63, 3.8) is 0 Å². The van der Waals surface area contributed by atoms with Gasteiger partial charge in [-0.15, -0.1) is 0 Å². The van der Waals surface area contributed by atoms with Crippen molar-refractivity contribution in [2.45, 2.75) is 6.42 Å². The van der Waals surface area contributed by atoms with E-state index >= 15 is 0 Å². The normalized spacial score (nSPS) is 17.9. The van der Waals surface area contributed by atoms with E-state index in [2.05, 4.69) is 5.32 Å². The van der Waals surface area contributed by atoms with Crippen molar-refractivity contribution in [3.05, 3.63) is 41.7 Å². The summed E-state index contributed by atoms with van der Waals surface area (Å²) in [5, 5.41) is 12.8. The number of benzene rings is 1. The molecule has 0 amide bonds. The Morgan fingerprint density at radius 1 is 1.47 bits per heavy atom. The summed E-state index contributed by atoms with van der Waals surface area (Å²) in [6.07, 6.45) is 2.60. The number of nitrogens with one attached hydrogen (secondary N) is 1. The topological polar surface area (TPSA) is 52.6 Å². The summed E-state index contributed by atoms with van der Waals surface area (Å²) in [5.41, 5.74) is 0.334. The second kappa shape index (κ2) is 4.91. The van der Waals surface area contributed by atoms with Gasteiger partial charge in [-0.25, -0.2) is 0 Å². The summed E-state index contributed by atoms with van der Waals surface area (Å²) in [7, 11) is 1.94. The van der Waals surface area contributed by atoms with E-state index in [4.69, 9.17) is 0 Å². The molecule has 4 nitrogen and oxygen atoms in total. The summed E-state index contributed by atoms with van der Waals surface area (Å²) in [6, 6.07) is 6.58. The molecule has 4 heteroatoms. The lowest BCUT2D eigenvalue weighted by atomic mass is 10.1. The highest BCUT2D eigenvalue weighted by molar-refractivity contribution is 6.06.